The molecule has 2 aromatic carbocycles. The fourth-order valence-corrected chi connectivity index (χ4v) is 6.42. The van der Waals surface area contributed by atoms with Gasteiger partial charge in [0.05, 0.1) is 11.8 Å². The summed E-state index contributed by atoms with van der Waals surface area (Å²) in [5.41, 5.74) is 3.47. The molecule has 2 saturated heterocycles. The molecule has 0 aromatic heterocycles. The number of likely N-dealkylation sites (tertiary alicyclic amines) is 1. The maximum absolute atomic E-state index is 13.7. The third-order valence-electron chi connectivity index (χ3n) is 7.61. The van der Waals surface area contributed by atoms with Gasteiger partial charge in [0.2, 0.25) is 11.8 Å². The minimum absolute atomic E-state index is 0.0316. The van der Waals surface area contributed by atoms with Gasteiger partial charge in [0.25, 0.3) is 0 Å². The molecule has 34 heavy (non-hydrogen) atoms. The van der Waals surface area contributed by atoms with Crippen LogP contribution in [0.25, 0.3) is 11.1 Å². The average molecular weight is 461 g/mol. The lowest BCUT2D eigenvalue weighted by Gasteiger charge is -2.36. The molecule has 2 fully saturated rings. The van der Waals surface area contributed by atoms with Crippen LogP contribution in [0.1, 0.15) is 63.8 Å². The minimum atomic E-state index is -1.49. The van der Waals surface area contributed by atoms with E-state index < -0.39 is 34.9 Å². The first kappa shape index (κ1) is 22.8. The zero-order chi connectivity index (χ0) is 24.6. The highest BCUT2D eigenvalue weighted by atomic mass is 16.4. The number of rotatable bonds is 4. The van der Waals surface area contributed by atoms with Gasteiger partial charge in [-0.3, -0.25) is 24.6 Å². The Balaban J connectivity index is 1.62. The number of aliphatic carboxylic acids is 1. The molecule has 3 aliphatic rings. The molecule has 1 aliphatic carbocycles. The molecular weight excluding hydrogens is 428 g/mol. The van der Waals surface area contributed by atoms with Gasteiger partial charge in [0.15, 0.2) is 0 Å². The maximum atomic E-state index is 13.7. The van der Waals surface area contributed by atoms with Crippen LogP contribution in [-0.4, -0.2) is 38.9 Å². The Hall–Kier alpha value is -2.99. The number of benzene rings is 2. The van der Waals surface area contributed by atoms with Crippen molar-refractivity contribution in [3.8, 4) is 11.1 Å². The fraction of sp³-hybridized carbons (Fsp3) is 0.464. The molecule has 2 aliphatic heterocycles. The van der Waals surface area contributed by atoms with E-state index in [9.17, 15) is 19.5 Å². The van der Waals surface area contributed by atoms with Gasteiger partial charge < -0.3 is 5.11 Å². The standard InChI is InChI=1S/C28H32N2O4/c1-15(2)14-28(26(33)34)22-21(24(31)30(25(22)32)27(3,4)5)23(29-28)17-10-11-20-18(13-17)12-16-8-6-7-9-19(16)20/h6-11,13,15,21-23,29H,12,14H2,1-5H3,(H,33,34). The minimum Gasteiger partial charge on any atom is -0.480 e. The van der Waals surface area contributed by atoms with Crippen molar-refractivity contribution < 1.29 is 19.5 Å². The van der Waals surface area contributed by atoms with Crippen molar-refractivity contribution in [1.29, 1.82) is 0 Å². The number of fused-ring (bicyclic) bond motifs is 4. The van der Waals surface area contributed by atoms with E-state index in [2.05, 4.69) is 29.6 Å². The van der Waals surface area contributed by atoms with Crippen LogP contribution < -0.4 is 5.32 Å². The van der Waals surface area contributed by atoms with Crippen LogP contribution in [0.4, 0.5) is 0 Å². The van der Waals surface area contributed by atoms with Crippen molar-refractivity contribution in [1.82, 2.24) is 10.2 Å². The van der Waals surface area contributed by atoms with Crippen molar-refractivity contribution in [3.05, 3.63) is 59.2 Å². The molecule has 2 amide bonds. The van der Waals surface area contributed by atoms with E-state index in [1.807, 2.05) is 52.8 Å². The summed E-state index contributed by atoms with van der Waals surface area (Å²) in [6.45, 7) is 9.37. The first-order chi connectivity index (χ1) is 16.0. The Morgan fingerprint density at radius 1 is 1.09 bits per heavy atom. The SMILES string of the molecule is CC(C)CC1(C(=O)O)NC(c2ccc3c(c2)Cc2ccccc2-3)C2C(=O)N(C(C)(C)C)C(=O)C21. The van der Waals surface area contributed by atoms with Crippen LogP contribution in [0.15, 0.2) is 42.5 Å². The molecule has 4 unspecified atom stereocenters. The number of nitrogens with zero attached hydrogens (tertiary/aromatic N) is 1. The monoisotopic (exact) mass is 460 g/mol. The van der Waals surface area contributed by atoms with E-state index in [-0.39, 0.29) is 24.2 Å². The highest BCUT2D eigenvalue weighted by Gasteiger charge is 2.69. The summed E-state index contributed by atoms with van der Waals surface area (Å²) in [5.74, 6) is -3.38. The quantitative estimate of drug-likeness (QED) is 0.571. The van der Waals surface area contributed by atoms with E-state index in [1.165, 1.54) is 21.6 Å². The second-order valence-electron chi connectivity index (χ2n) is 11.4. The van der Waals surface area contributed by atoms with Gasteiger partial charge in [-0.2, -0.15) is 0 Å². The summed E-state index contributed by atoms with van der Waals surface area (Å²) in [5, 5.41) is 13.8. The smallest absolute Gasteiger partial charge is 0.324 e. The molecule has 2 N–H and O–H groups in total. The number of nitrogens with one attached hydrogen (secondary N) is 1. The lowest BCUT2D eigenvalue weighted by Crippen LogP contribution is -2.58. The average Bonchev–Trinajstić information content (AvgIpc) is 3.36. The Morgan fingerprint density at radius 3 is 2.41 bits per heavy atom. The summed E-state index contributed by atoms with van der Waals surface area (Å²) >= 11 is 0. The summed E-state index contributed by atoms with van der Waals surface area (Å²) in [6, 6.07) is 13.9. The third-order valence-corrected chi connectivity index (χ3v) is 7.61. The lowest BCUT2D eigenvalue weighted by molar-refractivity contribution is -0.154. The number of carboxylic acid groups (broad SMARTS) is 1. The summed E-state index contributed by atoms with van der Waals surface area (Å²) in [4.78, 5) is 41.5. The largest absolute Gasteiger partial charge is 0.480 e. The maximum Gasteiger partial charge on any atom is 0.324 e. The predicted molar refractivity (Wildman–Crippen MR) is 129 cm³/mol. The number of imide groups is 1. The number of amides is 2. The predicted octanol–water partition coefficient (Wildman–Crippen LogP) is 4.17. The Kier molecular flexibility index (Phi) is 5.03. The van der Waals surface area contributed by atoms with Crippen LogP contribution >= 0.6 is 0 Å². The molecule has 2 aromatic rings. The first-order valence-electron chi connectivity index (χ1n) is 12.1. The highest BCUT2D eigenvalue weighted by Crippen LogP contribution is 2.52. The van der Waals surface area contributed by atoms with Gasteiger partial charge in [0, 0.05) is 11.6 Å². The molecule has 0 spiro atoms. The Bertz CT molecular complexity index is 1210. The first-order valence-corrected chi connectivity index (χ1v) is 12.1. The molecule has 0 saturated carbocycles. The van der Waals surface area contributed by atoms with Crippen molar-refractivity contribution in [2.24, 2.45) is 17.8 Å². The summed E-state index contributed by atoms with van der Waals surface area (Å²) in [6.07, 6.45) is 1.07. The molecule has 6 nitrogen and oxygen atoms in total. The lowest BCUT2D eigenvalue weighted by atomic mass is 9.75. The zero-order valence-electron chi connectivity index (χ0n) is 20.4. The Morgan fingerprint density at radius 2 is 1.76 bits per heavy atom. The number of carboxylic acids is 1. The molecular formula is C28H32N2O4. The van der Waals surface area contributed by atoms with Crippen LogP contribution in [-0.2, 0) is 20.8 Å². The van der Waals surface area contributed by atoms with E-state index in [4.69, 9.17) is 0 Å². The number of carbonyl (C=O) groups excluding carboxylic acids is 2. The number of hydrogen-bond donors (Lipinski definition) is 2. The van der Waals surface area contributed by atoms with Crippen molar-refractivity contribution in [2.75, 3.05) is 0 Å². The molecule has 6 heteroatoms. The van der Waals surface area contributed by atoms with E-state index in [1.54, 1.807) is 0 Å². The molecule has 2 heterocycles. The van der Waals surface area contributed by atoms with Crippen molar-refractivity contribution in [3.63, 3.8) is 0 Å². The van der Waals surface area contributed by atoms with E-state index in [0.717, 1.165) is 17.5 Å². The van der Waals surface area contributed by atoms with Crippen LogP contribution in [0.3, 0.4) is 0 Å². The topological polar surface area (TPSA) is 86.7 Å². The van der Waals surface area contributed by atoms with Gasteiger partial charge >= 0.3 is 5.97 Å². The van der Waals surface area contributed by atoms with Gasteiger partial charge in [-0.1, -0.05) is 56.3 Å². The van der Waals surface area contributed by atoms with Crippen LogP contribution in [0, 0.1) is 17.8 Å². The molecule has 0 bridgehead atoms. The highest BCUT2D eigenvalue weighted by molar-refractivity contribution is 6.10. The van der Waals surface area contributed by atoms with E-state index in [0.29, 0.717) is 0 Å². The Labute approximate surface area is 200 Å². The second-order valence-corrected chi connectivity index (χ2v) is 11.4. The fourth-order valence-electron chi connectivity index (χ4n) is 6.42. The number of carbonyl (C=O) groups is 3. The van der Waals surface area contributed by atoms with E-state index >= 15 is 0 Å². The molecule has 178 valence electrons. The van der Waals surface area contributed by atoms with Crippen LogP contribution in [0.2, 0.25) is 0 Å². The van der Waals surface area contributed by atoms with Gasteiger partial charge in [0.1, 0.15) is 5.54 Å². The third kappa shape index (κ3) is 3.15. The summed E-state index contributed by atoms with van der Waals surface area (Å²) in [7, 11) is 0. The normalized spacial score (nSPS) is 27.8. The summed E-state index contributed by atoms with van der Waals surface area (Å²) < 4.78 is 0. The van der Waals surface area contributed by atoms with Crippen molar-refractivity contribution >= 4 is 17.8 Å². The molecule has 4 atom stereocenters. The van der Waals surface area contributed by atoms with Gasteiger partial charge in [-0.15, -0.1) is 0 Å². The van der Waals surface area contributed by atoms with Gasteiger partial charge in [-0.25, -0.2) is 0 Å². The van der Waals surface area contributed by atoms with Crippen molar-refractivity contribution in [2.45, 2.75) is 64.6 Å². The molecule has 5 rings (SSSR count). The van der Waals surface area contributed by atoms with Gasteiger partial charge in [-0.05, 0) is 67.3 Å². The molecule has 0 radical (unpaired) electrons. The van der Waals surface area contributed by atoms with Crippen LogP contribution in [0.5, 0.6) is 0 Å². The zero-order valence-corrected chi connectivity index (χ0v) is 20.4. The number of hydrogen-bond acceptors (Lipinski definition) is 4. The second kappa shape index (κ2) is 7.51.